The number of hydrogen-bond donors (Lipinski definition) is 1. The Morgan fingerprint density at radius 3 is 2.61 bits per heavy atom. The van der Waals surface area contributed by atoms with Crippen molar-refractivity contribution >= 4 is 11.9 Å². The van der Waals surface area contributed by atoms with Gasteiger partial charge in [-0.2, -0.15) is 5.10 Å². The molecule has 0 bridgehead atoms. The Hall–Kier alpha value is -2.63. The zero-order valence-corrected chi connectivity index (χ0v) is 13.0. The van der Waals surface area contributed by atoms with E-state index in [4.69, 9.17) is 5.11 Å². The quantitative estimate of drug-likeness (QED) is 0.886. The zero-order valence-electron chi connectivity index (χ0n) is 13.0. The van der Waals surface area contributed by atoms with Crippen molar-refractivity contribution in [2.45, 2.75) is 19.8 Å². The van der Waals surface area contributed by atoms with Crippen LogP contribution in [0.5, 0.6) is 0 Å². The van der Waals surface area contributed by atoms with E-state index in [1.165, 1.54) is 4.90 Å². The minimum atomic E-state index is -1.00. The molecule has 23 heavy (non-hydrogen) atoms. The molecule has 0 atom stereocenters. The van der Waals surface area contributed by atoms with Gasteiger partial charge in [-0.15, -0.1) is 0 Å². The lowest BCUT2D eigenvalue weighted by Gasteiger charge is -2.19. The maximum atomic E-state index is 12.6. The van der Waals surface area contributed by atoms with Crippen LogP contribution in [0.2, 0.25) is 0 Å². The normalized spacial score (nSPS) is 13.8. The van der Waals surface area contributed by atoms with Gasteiger partial charge in [0.2, 0.25) is 0 Å². The van der Waals surface area contributed by atoms with Crippen LogP contribution in [-0.2, 0) is 4.79 Å². The Balaban J connectivity index is 1.84. The third kappa shape index (κ3) is 3.59. The van der Waals surface area contributed by atoms with Crippen LogP contribution in [0, 0.1) is 12.8 Å². The van der Waals surface area contributed by atoms with Gasteiger partial charge in [0.15, 0.2) is 5.69 Å². The molecule has 1 amide bonds. The number of nitrogens with zero attached hydrogens (tertiary/aromatic N) is 3. The molecule has 1 aliphatic rings. The molecule has 2 aromatic rings. The predicted octanol–water partition coefficient (Wildman–Crippen LogP) is 2.12. The van der Waals surface area contributed by atoms with Crippen molar-refractivity contribution in [2.24, 2.45) is 5.92 Å². The smallest absolute Gasteiger partial charge is 0.323 e. The highest BCUT2D eigenvalue weighted by Gasteiger charge is 2.29. The van der Waals surface area contributed by atoms with Gasteiger partial charge in [-0.05, 0) is 43.9 Å². The summed E-state index contributed by atoms with van der Waals surface area (Å²) in [6.07, 6.45) is 2.11. The number of carboxylic acids is 1. The van der Waals surface area contributed by atoms with E-state index in [1.807, 2.05) is 37.3 Å². The fourth-order valence-corrected chi connectivity index (χ4v) is 2.57. The third-order valence-corrected chi connectivity index (χ3v) is 3.90. The number of aliphatic carboxylic acids is 1. The summed E-state index contributed by atoms with van der Waals surface area (Å²) in [6, 6.07) is 11.3. The molecule has 6 heteroatoms. The fourth-order valence-electron chi connectivity index (χ4n) is 2.57. The lowest BCUT2D eigenvalue weighted by Crippen LogP contribution is -2.37. The molecule has 1 saturated carbocycles. The Labute approximate surface area is 134 Å². The van der Waals surface area contributed by atoms with Crippen LogP contribution in [0.1, 0.15) is 29.0 Å². The lowest BCUT2D eigenvalue weighted by atomic mass is 10.3. The summed E-state index contributed by atoms with van der Waals surface area (Å²) in [5, 5.41) is 13.4. The first-order valence-electron chi connectivity index (χ1n) is 7.68. The Bertz CT molecular complexity index is 720. The third-order valence-electron chi connectivity index (χ3n) is 3.90. The van der Waals surface area contributed by atoms with Crippen molar-refractivity contribution in [3.05, 3.63) is 47.8 Å². The molecule has 0 spiro atoms. The van der Waals surface area contributed by atoms with Crippen molar-refractivity contribution < 1.29 is 14.7 Å². The van der Waals surface area contributed by atoms with E-state index in [0.29, 0.717) is 12.5 Å². The van der Waals surface area contributed by atoms with E-state index >= 15 is 0 Å². The van der Waals surface area contributed by atoms with Gasteiger partial charge in [0, 0.05) is 12.2 Å². The highest BCUT2D eigenvalue weighted by molar-refractivity contribution is 5.94. The number of benzene rings is 1. The molecule has 1 N–H and O–H groups in total. The number of amides is 1. The predicted molar refractivity (Wildman–Crippen MR) is 84.6 cm³/mol. The topological polar surface area (TPSA) is 75.4 Å². The molecule has 120 valence electrons. The summed E-state index contributed by atoms with van der Waals surface area (Å²) in [6.45, 7) is 2.08. The largest absolute Gasteiger partial charge is 0.480 e. The minimum Gasteiger partial charge on any atom is -0.480 e. The van der Waals surface area contributed by atoms with E-state index in [0.717, 1.165) is 24.2 Å². The molecule has 0 saturated heterocycles. The van der Waals surface area contributed by atoms with Gasteiger partial charge in [0.25, 0.3) is 5.91 Å². The van der Waals surface area contributed by atoms with E-state index < -0.39 is 5.97 Å². The van der Waals surface area contributed by atoms with Crippen molar-refractivity contribution in [3.8, 4) is 5.69 Å². The van der Waals surface area contributed by atoms with Gasteiger partial charge in [-0.3, -0.25) is 9.59 Å². The molecule has 1 aromatic heterocycles. The number of hydrogen-bond acceptors (Lipinski definition) is 3. The fraction of sp³-hybridized carbons (Fsp3) is 0.353. The van der Waals surface area contributed by atoms with Crippen LogP contribution in [-0.4, -0.2) is 44.8 Å². The molecule has 0 radical (unpaired) electrons. The molecule has 1 aromatic carbocycles. The average Bonchev–Trinajstić information content (AvgIpc) is 3.26. The lowest BCUT2D eigenvalue weighted by molar-refractivity contribution is -0.137. The van der Waals surface area contributed by atoms with Crippen molar-refractivity contribution in [1.82, 2.24) is 14.7 Å². The SMILES string of the molecule is Cc1cc(C(=O)N(CC(=O)O)CC2CC2)nn1-c1ccccc1. The van der Waals surface area contributed by atoms with Crippen molar-refractivity contribution in [1.29, 1.82) is 0 Å². The van der Waals surface area contributed by atoms with Crippen LogP contribution in [0.25, 0.3) is 5.69 Å². The molecule has 0 unspecified atom stereocenters. The first-order chi connectivity index (χ1) is 11.0. The van der Waals surface area contributed by atoms with Crippen LogP contribution < -0.4 is 0 Å². The number of aryl methyl sites for hydroxylation is 1. The second-order valence-corrected chi connectivity index (χ2v) is 5.94. The molecule has 1 heterocycles. The molecule has 3 rings (SSSR count). The first kappa shape index (κ1) is 15.3. The first-order valence-corrected chi connectivity index (χ1v) is 7.68. The molecule has 1 fully saturated rings. The van der Waals surface area contributed by atoms with Crippen molar-refractivity contribution in [3.63, 3.8) is 0 Å². The molecule has 6 nitrogen and oxygen atoms in total. The van der Waals surface area contributed by atoms with Gasteiger partial charge in [0.05, 0.1) is 5.69 Å². The Kier molecular flexibility index (Phi) is 4.14. The van der Waals surface area contributed by atoms with Crippen LogP contribution in [0.3, 0.4) is 0 Å². The Morgan fingerprint density at radius 1 is 1.30 bits per heavy atom. The molecule has 0 aliphatic heterocycles. The van der Waals surface area contributed by atoms with E-state index in [-0.39, 0.29) is 18.1 Å². The number of carboxylic acid groups (broad SMARTS) is 1. The minimum absolute atomic E-state index is 0.285. The number of rotatable bonds is 6. The molecule has 1 aliphatic carbocycles. The summed E-state index contributed by atoms with van der Waals surface area (Å²) in [5.41, 5.74) is 1.99. The van der Waals surface area contributed by atoms with Crippen LogP contribution in [0.15, 0.2) is 36.4 Å². The van der Waals surface area contributed by atoms with Gasteiger partial charge in [0.1, 0.15) is 6.54 Å². The van der Waals surface area contributed by atoms with Crippen molar-refractivity contribution in [2.75, 3.05) is 13.1 Å². The zero-order chi connectivity index (χ0) is 16.4. The summed E-state index contributed by atoms with van der Waals surface area (Å²) in [5.74, 6) is -0.897. The molecular formula is C17H19N3O3. The number of carbonyl (C=O) groups is 2. The van der Waals surface area contributed by atoms with E-state index in [1.54, 1.807) is 10.7 Å². The summed E-state index contributed by atoms with van der Waals surface area (Å²) < 4.78 is 1.70. The van der Waals surface area contributed by atoms with Gasteiger partial charge in [-0.1, -0.05) is 18.2 Å². The second kappa shape index (κ2) is 6.24. The molecular weight excluding hydrogens is 294 g/mol. The maximum absolute atomic E-state index is 12.6. The average molecular weight is 313 g/mol. The van der Waals surface area contributed by atoms with E-state index in [9.17, 15) is 9.59 Å². The van der Waals surface area contributed by atoms with Crippen LogP contribution in [0.4, 0.5) is 0 Å². The highest BCUT2D eigenvalue weighted by atomic mass is 16.4. The van der Waals surface area contributed by atoms with Gasteiger partial charge >= 0.3 is 5.97 Å². The highest BCUT2D eigenvalue weighted by Crippen LogP contribution is 2.30. The van der Waals surface area contributed by atoms with Gasteiger partial charge < -0.3 is 10.0 Å². The maximum Gasteiger partial charge on any atom is 0.323 e. The number of carbonyl (C=O) groups excluding carboxylic acids is 1. The monoisotopic (exact) mass is 313 g/mol. The summed E-state index contributed by atoms with van der Waals surface area (Å²) in [4.78, 5) is 25.0. The van der Waals surface area contributed by atoms with Gasteiger partial charge in [-0.25, -0.2) is 4.68 Å². The standard InChI is InChI=1S/C17H19N3O3/c1-12-9-15(18-20(12)14-5-3-2-4-6-14)17(23)19(11-16(21)22)10-13-7-8-13/h2-6,9,13H,7-8,10-11H2,1H3,(H,21,22). The van der Waals surface area contributed by atoms with Crippen LogP contribution >= 0.6 is 0 Å². The Morgan fingerprint density at radius 2 is 2.00 bits per heavy atom. The second-order valence-electron chi connectivity index (χ2n) is 5.94. The van der Waals surface area contributed by atoms with E-state index in [2.05, 4.69) is 5.10 Å². The number of para-hydroxylation sites is 1. The summed E-state index contributed by atoms with van der Waals surface area (Å²) in [7, 11) is 0. The summed E-state index contributed by atoms with van der Waals surface area (Å²) >= 11 is 0. The number of aromatic nitrogens is 2.